The third-order valence-corrected chi connectivity index (χ3v) is 3.05. The van der Waals surface area contributed by atoms with Gasteiger partial charge in [0, 0.05) is 18.7 Å². The maximum atomic E-state index is 13.3. The van der Waals surface area contributed by atoms with Gasteiger partial charge < -0.3 is 5.32 Å². The maximum absolute atomic E-state index is 13.3. The van der Waals surface area contributed by atoms with Gasteiger partial charge in [0.25, 0.3) is 5.91 Å². The van der Waals surface area contributed by atoms with Crippen LogP contribution in [0.2, 0.25) is 0 Å². The number of hydrogen-bond donors (Lipinski definition) is 2. The van der Waals surface area contributed by atoms with Crippen molar-refractivity contribution in [3.8, 4) is 0 Å². The first-order valence-electron chi connectivity index (χ1n) is 6.88. The molecule has 0 aliphatic carbocycles. The molecule has 1 unspecified atom stereocenters. The van der Waals surface area contributed by atoms with Crippen LogP contribution in [-0.2, 0) is 6.42 Å². The van der Waals surface area contributed by atoms with E-state index in [4.69, 9.17) is 0 Å². The lowest BCUT2D eigenvalue weighted by Gasteiger charge is -2.07. The third kappa shape index (κ3) is 3.79. The Balaban J connectivity index is 3.04. The van der Waals surface area contributed by atoms with Crippen molar-refractivity contribution >= 4 is 5.91 Å². The zero-order chi connectivity index (χ0) is 15.1. The van der Waals surface area contributed by atoms with Crippen molar-refractivity contribution in [2.75, 3.05) is 7.05 Å². The second-order valence-corrected chi connectivity index (χ2v) is 4.54. The molecule has 1 atom stereocenters. The van der Waals surface area contributed by atoms with E-state index in [0.717, 1.165) is 5.69 Å². The highest BCUT2D eigenvalue weighted by molar-refractivity contribution is 5.96. The van der Waals surface area contributed by atoms with Crippen LogP contribution in [-0.4, -0.2) is 23.2 Å². The van der Waals surface area contributed by atoms with E-state index in [9.17, 15) is 9.18 Å². The number of aromatic nitrogens is 2. The van der Waals surface area contributed by atoms with Gasteiger partial charge in [-0.15, -0.1) is 0 Å². The summed E-state index contributed by atoms with van der Waals surface area (Å²) >= 11 is 0. The Hall–Kier alpha value is -1.91. The van der Waals surface area contributed by atoms with Gasteiger partial charge in [0.1, 0.15) is 5.83 Å². The Labute approximate surface area is 119 Å². The monoisotopic (exact) mass is 279 g/mol. The van der Waals surface area contributed by atoms with Gasteiger partial charge in [-0.05, 0) is 25.0 Å². The Morgan fingerprint density at radius 3 is 2.75 bits per heavy atom. The molecule has 0 radical (unpaired) electrons. The lowest BCUT2D eigenvalue weighted by atomic mass is 10.00. The lowest BCUT2D eigenvalue weighted by molar-refractivity contribution is 0.0961. The van der Waals surface area contributed by atoms with E-state index in [-0.39, 0.29) is 17.7 Å². The van der Waals surface area contributed by atoms with Gasteiger partial charge in [-0.2, -0.15) is 5.10 Å². The minimum atomic E-state index is -0.271. The first-order chi connectivity index (χ1) is 9.54. The summed E-state index contributed by atoms with van der Waals surface area (Å²) < 4.78 is 13.3. The first-order valence-corrected chi connectivity index (χ1v) is 6.88. The first kappa shape index (κ1) is 16.1. The van der Waals surface area contributed by atoms with Crippen LogP contribution in [0.4, 0.5) is 4.39 Å². The van der Waals surface area contributed by atoms with Gasteiger partial charge in [0.05, 0.1) is 11.3 Å². The normalized spacial score (nSPS) is 13.8. The molecular formula is C15H22FN3O. The molecule has 5 heteroatoms. The van der Waals surface area contributed by atoms with Crippen molar-refractivity contribution in [3.05, 3.63) is 41.0 Å². The zero-order valence-corrected chi connectivity index (χ0v) is 12.5. The number of nitrogens with zero attached hydrogens (tertiary/aromatic N) is 1. The van der Waals surface area contributed by atoms with Crippen LogP contribution in [0, 0.1) is 0 Å². The number of allylic oxidation sites excluding steroid dienone is 4. The number of amides is 1. The number of halogens is 1. The summed E-state index contributed by atoms with van der Waals surface area (Å²) in [6.45, 7) is 5.72. The standard InChI is InChI=1S/C15H22FN3O/c1-5-7-11(16)9-8-10(3)14-13(15(20)17-4)12(6-2)18-19-14/h7-10H,5-6H2,1-4H3,(H,17,20)(H,18,19)/b9-8-,11-7+. The molecule has 1 heterocycles. The summed E-state index contributed by atoms with van der Waals surface area (Å²) in [6, 6.07) is 0. The van der Waals surface area contributed by atoms with Crippen molar-refractivity contribution < 1.29 is 9.18 Å². The van der Waals surface area contributed by atoms with E-state index in [1.165, 1.54) is 12.2 Å². The third-order valence-electron chi connectivity index (χ3n) is 3.05. The number of aromatic amines is 1. The summed E-state index contributed by atoms with van der Waals surface area (Å²) in [4.78, 5) is 11.9. The minimum absolute atomic E-state index is 0.144. The van der Waals surface area contributed by atoms with Gasteiger partial charge in [0.15, 0.2) is 0 Å². The molecule has 1 rings (SSSR count). The highest BCUT2D eigenvalue weighted by atomic mass is 19.1. The van der Waals surface area contributed by atoms with Crippen LogP contribution < -0.4 is 5.32 Å². The number of hydrogen-bond acceptors (Lipinski definition) is 2. The fraction of sp³-hybridized carbons (Fsp3) is 0.467. The van der Waals surface area contributed by atoms with Crippen LogP contribution in [0.3, 0.4) is 0 Å². The molecule has 4 nitrogen and oxygen atoms in total. The number of carbonyl (C=O) groups is 1. The largest absolute Gasteiger partial charge is 0.355 e. The fourth-order valence-electron chi connectivity index (χ4n) is 1.95. The molecule has 2 N–H and O–H groups in total. The molecule has 0 fully saturated rings. The van der Waals surface area contributed by atoms with E-state index in [1.807, 2.05) is 20.8 Å². The van der Waals surface area contributed by atoms with E-state index >= 15 is 0 Å². The summed E-state index contributed by atoms with van der Waals surface area (Å²) in [5, 5.41) is 9.69. The Morgan fingerprint density at radius 2 is 2.20 bits per heavy atom. The summed E-state index contributed by atoms with van der Waals surface area (Å²) in [5.74, 6) is -0.586. The van der Waals surface area contributed by atoms with Gasteiger partial charge in [-0.25, -0.2) is 4.39 Å². The van der Waals surface area contributed by atoms with Gasteiger partial charge in [0.2, 0.25) is 0 Å². The number of aryl methyl sites for hydroxylation is 1. The zero-order valence-electron chi connectivity index (χ0n) is 12.5. The van der Waals surface area contributed by atoms with Crippen molar-refractivity contribution in [2.45, 2.75) is 39.5 Å². The predicted octanol–water partition coefficient (Wildman–Crippen LogP) is 3.25. The average molecular weight is 279 g/mol. The summed E-state index contributed by atoms with van der Waals surface area (Å²) in [6.07, 6.45) is 5.98. The summed E-state index contributed by atoms with van der Waals surface area (Å²) in [7, 11) is 1.59. The van der Waals surface area contributed by atoms with Crippen LogP contribution in [0.1, 0.15) is 54.9 Å². The van der Waals surface area contributed by atoms with E-state index in [2.05, 4.69) is 15.5 Å². The molecule has 0 saturated carbocycles. The molecule has 0 aliphatic rings. The molecule has 0 spiro atoms. The van der Waals surface area contributed by atoms with Crippen LogP contribution in [0.5, 0.6) is 0 Å². The van der Waals surface area contributed by atoms with Crippen molar-refractivity contribution in [2.24, 2.45) is 0 Å². The second kappa shape index (κ2) is 7.62. The molecule has 110 valence electrons. The predicted molar refractivity (Wildman–Crippen MR) is 78.4 cm³/mol. The second-order valence-electron chi connectivity index (χ2n) is 4.54. The van der Waals surface area contributed by atoms with Crippen molar-refractivity contribution in [1.29, 1.82) is 0 Å². The fourth-order valence-corrected chi connectivity index (χ4v) is 1.95. The van der Waals surface area contributed by atoms with E-state index in [0.29, 0.717) is 24.1 Å². The van der Waals surface area contributed by atoms with E-state index in [1.54, 1.807) is 13.1 Å². The highest BCUT2D eigenvalue weighted by Crippen LogP contribution is 2.22. The SMILES string of the molecule is CC/C=C(F)\C=C/C(C)c1n[nH]c(CC)c1C(=O)NC. The molecule has 1 amide bonds. The minimum Gasteiger partial charge on any atom is -0.355 e. The molecule has 1 aromatic heterocycles. The number of H-pyrrole nitrogens is 1. The lowest BCUT2D eigenvalue weighted by Crippen LogP contribution is -2.20. The Bertz CT molecular complexity index is 517. The van der Waals surface area contributed by atoms with Crippen LogP contribution >= 0.6 is 0 Å². The molecule has 0 aliphatic heterocycles. The van der Waals surface area contributed by atoms with Crippen molar-refractivity contribution in [3.63, 3.8) is 0 Å². The number of nitrogens with one attached hydrogen (secondary N) is 2. The van der Waals surface area contributed by atoms with E-state index < -0.39 is 0 Å². The molecule has 0 bridgehead atoms. The average Bonchev–Trinajstić information content (AvgIpc) is 2.88. The van der Waals surface area contributed by atoms with Gasteiger partial charge >= 0.3 is 0 Å². The number of rotatable bonds is 6. The number of carbonyl (C=O) groups excluding carboxylic acids is 1. The smallest absolute Gasteiger partial charge is 0.254 e. The quantitative estimate of drug-likeness (QED) is 0.785. The van der Waals surface area contributed by atoms with Gasteiger partial charge in [-0.1, -0.05) is 26.8 Å². The molecule has 20 heavy (non-hydrogen) atoms. The Kier molecular flexibility index (Phi) is 6.15. The van der Waals surface area contributed by atoms with Crippen molar-refractivity contribution in [1.82, 2.24) is 15.5 Å². The maximum Gasteiger partial charge on any atom is 0.254 e. The molecular weight excluding hydrogens is 257 g/mol. The van der Waals surface area contributed by atoms with Crippen LogP contribution in [0.25, 0.3) is 0 Å². The topological polar surface area (TPSA) is 57.8 Å². The summed E-state index contributed by atoms with van der Waals surface area (Å²) in [5.41, 5.74) is 2.00. The highest BCUT2D eigenvalue weighted by Gasteiger charge is 2.21. The molecule has 0 saturated heterocycles. The molecule has 0 aromatic carbocycles. The Morgan fingerprint density at radius 1 is 1.50 bits per heavy atom. The van der Waals surface area contributed by atoms with Gasteiger partial charge in [-0.3, -0.25) is 9.89 Å². The van der Waals surface area contributed by atoms with Crippen LogP contribution in [0.15, 0.2) is 24.1 Å². The molecule has 1 aromatic rings.